The van der Waals surface area contributed by atoms with Gasteiger partial charge in [-0.25, -0.2) is 0 Å². The first-order chi connectivity index (χ1) is 5.05. The predicted octanol–water partition coefficient (Wildman–Crippen LogP) is 0.917. The van der Waals surface area contributed by atoms with E-state index in [0.717, 1.165) is 6.29 Å². The van der Waals surface area contributed by atoms with Gasteiger partial charge >= 0.3 is 5.97 Å². The van der Waals surface area contributed by atoms with Crippen molar-refractivity contribution < 1.29 is 14.3 Å². The Morgan fingerprint density at radius 2 is 2.36 bits per heavy atom. The minimum absolute atomic E-state index is 0.206. The van der Waals surface area contributed by atoms with Crippen LogP contribution in [0.3, 0.4) is 0 Å². The summed E-state index contributed by atoms with van der Waals surface area (Å²) in [4.78, 5) is 21.1. The molecule has 1 atom stereocenters. The number of hydrogen-bond donors (Lipinski definition) is 0. The molecule has 0 amide bonds. The van der Waals surface area contributed by atoms with E-state index in [1.165, 1.54) is 0 Å². The van der Waals surface area contributed by atoms with Crippen LogP contribution in [0.1, 0.15) is 26.7 Å². The van der Waals surface area contributed by atoms with Crippen LogP contribution in [0.15, 0.2) is 0 Å². The van der Waals surface area contributed by atoms with E-state index >= 15 is 0 Å². The molecule has 1 unspecified atom stereocenters. The molecule has 0 spiro atoms. The fourth-order valence-corrected chi connectivity index (χ4v) is 1.37. The van der Waals surface area contributed by atoms with Crippen molar-refractivity contribution in [1.82, 2.24) is 0 Å². The molecule has 1 rings (SSSR count). The highest BCUT2D eigenvalue weighted by Gasteiger charge is 2.39. The van der Waals surface area contributed by atoms with E-state index < -0.39 is 0 Å². The average molecular weight is 156 g/mol. The predicted molar refractivity (Wildman–Crippen MR) is 39.0 cm³/mol. The number of cyclic esters (lactones) is 1. The summed E-state index contributed by atoms with van der Waals surface area (Å²) in [5.41, 5.74) is -0.370. The molecule has 0 aromatic carbocycles. The van der Waals surface area contributed by atoms with E-state index in [1.807, 2.05) is 13.8 Å². The number of carbonyl (C=O) groups is 2. The first kappa shape index (κ1) is 8.24. The monoisotopic (exact) mass is 156 g/mol. The number of aldehydes is 1. The van der Waals surface area contributed by atoms with Crippen molar-refractivity contribution in [3.05, 3.63) is 0 Å². The molecule has 0 N–H and O–H groups in total. The smallest absolute Gasteiger partial charge is 0.310 e. The van der Waals surface area contributed by atoms with Crippen molar-refractivity contribution in [2.75, 3.05) is 0 Å². The number of carbonyl (C=O) groups excluding carboxylic acids is 2. The largest absolute Gasteiger partial charge is 0.459 e. The third kappa shape index (κ3) is 1.79. The van der Waals surface area contributed by atoms with Gasteiger partial charge in [0.15, 0.2) is 0 Å². The Balaban J connectivity index is 2.59. The minimum Gasteiger partial charge on any atom is -0.459 e. The molecule has 0 aliphatic carbocycles. The van der Waals surface area contributed by atoms with Crippen LogP contribution in [0.2, 0.25) is 0 Å². The Hall–Kier alpha value is -0.860. The lowest BCUT2D eigenvalue weighted by atomic mass is 9.96. The molecule has 62 valence electrons. The van der Waals surface area contributed by atoms with Gasteiger partial charge in [0.1, 0.15) is 11.9 Å². The standard InChI is InChI=1S/C8H12O3/c1-8(2)5-6(3-4-9)7(10)11-8/h4,6H,3,5H2,1-2H3. The first-order valence-electron chi connectivity index (χ1n) is 3.72. The van der Waals surface area contributed by atoms with Crippen LogP contribution in [-0.4, -0.2) is 17.9 Å². The van der Waals surface area contributed by atoms with Gasteiger partial charge in [-0.15, -0.1) is 0 Å². The van der Waals surface area contributed by atoms with E-state index in [9.17, 15) is 9.59 Å². The molecule has 0 aromatic rings. The minimum atomic E-state index is -0.370. The molecule has 1 aliphatic heterocycles. The van der Waals surface area contributed by atoms with Crippen LogP contribution in [0.4, 0.5) is 0 Å². The van der Waals surface area contributed by atoms with Gasteiger partial charge in [-0.3, -0.25) is 4.79 Å². The van der Waals surface area contributed by atoms with Crippen LogP contribution < -0.4 is 0 Å². The Kier molecular flexibility index (Phi) is 1.98. The molecular weight excluding hydrogens is 144 g/mol. The number of hydrogen-bond acceptors (Lipinski definition) is 3. The highest BCUT2D eigenvalue weighted by atomic mass is 16.6. The van der Waals surface area contributed by atoms with Crippen molar-refractivity contribution in [2.45, 2.75) is 32.3 Å². The number of esters is 1. The quantitative estimate of drug-likeness (QED) is 0.441. The Bertz CT molecular complexity index is 184. The first-order valence-corrected chi connectivity index (χ1v) is 3.72. The fourth-order valence-electron chi connectivity index (χ4n) is 1.37. The van der Waals surface area contributed by atoms with Gasteiger partial charge in [-0.05, 0) is 13.8 Å². The summed E-state index contributed by atoms with van der Waals surface area (Å²) in [7, 11) is 0. The van der Waals surface area contributed by atoms with E-state index in [0.29, 0.717) is 12.8 Å². The third-order valence-electron chi connectivity index (χ3n) is 1.83. The highest BCUT2D eigenvalue weighted by molar-refractivity contribution is 5.77. The van der Waals surface area contributed by atoms with Crippen LogP contribution in [0.25, 0.3) is 0 Å². The van der Waals surface area contributed by atoms with Gasteiger partial charge < -0.3 is 9.53 Å². The summed E-state index contributed by atoms with van der Waals surface area (Å²) in [5, 5.41) is 0. The van der Waals surface area contributed by atoms with E-state index in [-0.39, 0.29) is 17.5 Å². The zero-order valence-corrected chi connectivity index (χ0v) is 6.79. The molecule has 11 heavy (non-hydrogen) atoms. The second kappa shape index (κ2) is 2.64. The normalized spacial score (nSPS) is 28.2. The molecule has 1 fully saturated rings. The number of ether oxygens (including phenoxy) is 1. The maximum absolute atomic E-state index is 11.0. The van der Waals surface area contributed by atoms with E-state index in [4.69, 9.17) is 4.74 Å². The average Bonchev–Trinajstić information content (AvgIpc) is 2.07. The van der Waals surface area contributed by atoms with Crippen molar-refractivity contribution in [2.24, 2.45) is 5.92 Å². The van der Waals surface area contributed by atoms with Crippen LogP contribution in [0.5, 0.6) is 0 Å². The fraction of sp³-hybridized carbons (Fsp3) is 0.750. The summed E-state index contributed by atoms with van der Waals surface area (Å²) >= 11 is 0. The molecule has 3 heteroatoms. The lowest BCUT2D eigenvalue weighted by Gasteiger charge is -2.14. The van der Waals surface area contributed by atoms with Crippen molar-refractivity contribution in [1.29, 1.82) is 0 Å². The molecule has 1 heterocycles. The molecule has 1 saturated heterocycles. The summed E-state index contributed by atoms with van der Waals surface area (Å²) in [6.45, 7) is 3.71. The maximum Gasteiger partial charge on any atom is 0.310 e. The third-order valence-corrected chi connectivity index (χ3v) is 1.83. The maximum atomic E-state index is 11.0. The Morgan fingerprint density at radius 3 is 2.73 bits per heavy atom. The number of rotatable bonds is 2. The van der Waals surface area contributed by atoms with Gasteiger partial charge in [0, 0.05) is 12.8 Å². The molecule has 0 bridgehead atoms. The Morgan fingerprint density at radius 1 is 1.73 bits per heavy atom. The molecule has 0 radical (unpaired) electrons. The lowest BCUT2D eigenvalue weighted by molar-refractivity contribution is -0.148. The topological polar surface area (TPSA) is 43.4 Å². The summed E-state index contributed by atoms with van der Waals surface area (Å²) in [6.07, 6.45) is 1.72. The molecule has 0 saturated carbocycles. The summed E-state index contributed by atoms with van der Waals surface area (Å²) < 4.78 is 5.02. The molecule has 0 aromatic heterocycles. The van der Waals surface area contributed by atoms with Crippen LogP contribution in [0, 0.1) is 5.92 Å². The van der Waals surface area contributed by atoms with Crippen molar-refractivity contribution in [3.63, 3.8) is 0 Å². The van der Waals surface area contributed by atoms with Crippen LogP contribution >= 0.6 is 0 Å². The SMILES string of the molecule is CC1(C)CC(CC=O)C(=O)O1. The highest BCUT2D eigenvalue weighted by Crippen LogP contribution is 2.31. The zero-order chi connectivity index (χ0) is 8.48. The lowest BCUT2D eigenvalue weighted by Crippen LogP contribution is -2.17. The van der Waals surface area contributed by atoms with Gasteiger partial charge in [0.05, 0.1) is 5.92 Å². The second-order valence-electron chi connectivity index (χ2n) is 3.48. The summed E-state index contributed by atoms with van der Waals surface area (Å²) in [6, 6.07) is 0. The van der Waals surface area contributed by atoms with E-state index in [1.54, 1.807) is 0 Å². The second-order valence-corrected chi connectivity index (χ2v) is 3.48. The zero-order valence-electron chi connectivity index (χ0n) is 6.79. The van der Waals surface area contributed by atoms with Gasteiger partial charge in [-0.1, -0.05) is 0 Å². The molecular formula is C8H12O3. The molecule has 3 nitrogen and oxygen atoms in total. The van der Waals surface area contributed by atoms with Gasteiger partial charge in [0.25, 0.3) is 0 Å². The van der Waals surface area contributed by atoms with Crippen molar-refractivity contribution >= 4 is 12.3 Å². The Labute approximate surface area is 65.7 Å². The summed E-state index contributed by atoms with van der Waals surface area (Å²) in [5.74, 6) is -0.440. The van der Waals surface area contributed by atoms with Gasteiger partial charge in [-0.2, -0.15) is 0 Å². The van der Waals surface area contributed by atoms with Crippen LogP contribution in [-0.2, 0) is 14.3 Å². The van der Waals surface area contributed by atoms with Gasteiger partial charge in [0.2, 0.25) is 0 Å². The van der Waals surface area contributed by atoms with E-state index in [2.05, 4.69) is 0 Å². The van der Waals surface area contributed by atoms with Crippen molar-refractivity contribution in [3.8, 4) is 0 Å². The molecule has 1 aliphatic rings.